The first-order valence-corrected chi connectivity index (χ1v) is 8.69. The molecular formula is C18H17N3O4S. The fourth-order valence-corrected chi connectivity index (χ4v) is 2.84. The van der Waals surface area contributed by atoms with Crippen LogP contribution < -0.4 is 15.6 Å². The van der Waals surface area contributed by atoms with E-state index in [1.165, 1.54) is 17.6 Å². The highest BCUT2D eigenvalue weighted by Gasteiger charge is 2.14. The Balaban J connectivity index is 1.48. The molecule has 3 rings (SSSR count). The Kier molecular flexibility index (Phi) is 5.33. The van der Waals surface area contributed by atoms with E-state index in [0.29, 0.717) is 16.5 Å². The molecule has 8 heteroatoms. The maximum atomic E-state index is 12.0. The number of hydrogen-bond acceptors (Lipinski definition) is 6. The van der Waals surface area contributed by atoms with E-state index in [-0.39, 0.29) is 12.3 Å². The Hall–Kier alpha value is -3.13. The number of furan rings is 1. The number of aromatic nitrogens is 1. The topological polar surface area (TPSA) is 93.5 Å². The summed E-state index contributed by atoms with van der Waals surface area (Å²) in [6.07, 6.45) is 1.53. The molecule has 0 bridgehead atoms. The zero-order chi connectivity index (χ0) is 18.5. The molecule has 0 unspecified atom stereocenters. The standard InChI is InChI=1S/C18H17N3O4S/c1-11-5-6-13(8-12(11)2)25-9-16(22)20-21-17(23)14-10-26-18(19-14)15-4-3-7-24-15/h3-8,10H,9H2,1-2H3,(H,20,22)(H,21,23). The number of ether oxygens (including phenoxy) is 1. The van der Waals surface area contributed by atoms with E-state index in [1.807, 2.05) is 26.0 Å². The number of thiazole rings is 1. The van der Waals surface area contributed by atoms with Crippen LogP contribution in [0.5, 0.6) is 5.75 Å². The van der Waals surface area contributed by atoms with E-state index in [1.54, 1.807) is 23.6 Å². The number of nitrogens with one attached hydrogen (secondary N) is 2. The Morgan fingerprint density at radius 3 is 2.77 bits per heavy atom. The molecule has 2 aromatic heterocycles. The maximum Gasteiger partial charge on any atom is 0.289 e. The number of carbonyl (C=O) groups excluding carboxylic acids is 2. The smallest absolute Gasteiger partial charge is 0.289 e. The first kappa shape index (κ1) is 17.7. The van der Waals surface area contributed by atoms with Crippen LogP contribution in [0.1, 0.15) is 21.6 Å². The van der Waals surface area contributed by atoms with Gasteiger partial charge < -0.3 is 9.15 Å². The van der Waals surface area contributed by atoms with Crippen molar-refractivity contribution in [2.45, 2.75) is 13.8 Å². The van der Waals surface area contributed by atoms with Gasteiger partial charge in [-0.25, -0.2) is 4.98 Å². The number of hydrogen-bond donors (Lipinski definition) is 2. The quantitative estimate of drug-likeness (QED) is 0.673. The first-order valence-electron chi connectivity index (χ1n) is 7.81. The van der Waals surface area contributed by atoms with Crippen LogP contribution >= 0.6 is 11.3 Å². The highest BCUT2D eigenvalue weighted by molar-refractivity contribution is 7.13. The van der Waals surface area contributed by atoms with Crippen molar-refractivity contribution in [2.24, 2.45) is 0 Å². The van der Waals surface area contributed by atoms with E-state index in [4.69, 9.17) is 9.15 Å². The van der Waals surface area contributed by atoms with E-state index in [9.17, 15) is 9.59 Å². The lowest BCUT2D eigenvalue weighted by Gasteiger charge is -2.09. The van der Waals surface area contributed by atoms with Crippen molar-refractivity contribution < 1.29 is 18.7 Å². The molecule has 0 fully saturated rings. The van der Waals surface area contributed by atoms with Gasteiger partial charge in [-0.3, -0.25) is 20.4 Å². The van der Waals surface area contributed by atoms with Gasteiger partial charge in [-0.2, -0.15) is 0 Å². The van der Waals surface area contributed by atoms with E-state index in [0.717, 1.165) is 11.1 Å². The molecule has 1 aromatic carbocycles. The van der Waals surface area contributed by atoms with Crippen molar-refractivity contribution in [2.75, 3.05) is 6.61 Å². The molecule has 26 heavy (non-hydrogen) atoms. The van der Waals surface area contributed by atoms with Gasteiger partial charge in [-0.05, 0) is 49.2 Å². The molecule has 2 N–H and O–H groups in total. The fourth-order valence-electron chi connectivity index (χ4n) is 2.07. The summed E-state index contributed by atoms with van der Waals surface area (Å²) in [5, 5.41) is 2.18. The second kappa shape index (κ2) is 7.83. The second-order valence-corrected chi connectivity index (χ2v) is 6.41. The predicted octanol–water partition coefficient (Wildman–Crippen LogP) is 2.86. The molecule has 0 aliphatic carbocycles. The molecule has 7 nitrogen and oxygen atoms in total. The van der Waals surface area contributed by atoms with Crippen LogP contribution in [0.4, 0.5) is 0 Å². The van der Waals surface area contributed by atoms with Crippen LogP contribution in [0, 0.1) is 13.8 Å². The van der Waals surface area contributed by atoms with Gasteiger partial charge in [0.25, 0.3) is 11.8 Å². The Bertz CT molecular complexity index is 918. The van der Waals surface area contributed by atoms with Crippen molar-refractivity contribution in [3.63, 3.8) is 0 Å². The highest BCUT2D eigenvalue weighted by atomic mass is 32.1. The van der Waals surface area contributed by atoms with Crippen molar-refractivity contribution in [3.05, 3.63) is 58.8 Å². The normalized spacial score (nSPS) is 10.4. The third-order valence-corrected chi connectivity index (χ3v) is 4.49. The molecule has 3 aromatic rings. The van der Waals surface area contributed by atoms with Crippen molar-refractivity contribution in [3.8, 4) is 16.5 Å². The largest absolute Gasteiger partial charge is 0.484 e. The summed E-state index contributed by atoms with van der Waals surface area (Å²) >= 11 is 1.28. The van der Waals surface area contributed by atoms with Crippen molar-refractivity contribution >= 4 is 23.2 Å². The molecule has 2 amide bonds. The highest BCUT2D eigenvalue weighted by Crippen LogP contribution is 2.23. The molecule has 0 atom stereocenters. The van der Waals surface area contributed by atoms with Gasteiger partial charge in [0.05, 0.1) is 6.26 Å². The van der Waals surface area contributed by atoms with Gasteiger partial charge in [0, 0.05) is 5.38 Å². The predicted molar refractivity (Wildman–Crippen MR) is 96.8 cm³/mol. The third-order valence-electron chi connectivity index (χ3n) is 3.63. The number of nitrogens with zero attached hydrogens (tertiary/aromatic N) is 1. The van der Waals surface area contributed by atoms with Crippen LogP contribution in [0.2, 0.25) is 0 Å². The van der Waals surface area contributed by atoms with Crippen molar-refractivity contribution in [1.82, 2.24) is 15.8 Å². The minimum absolute atomic E-state index is 0.191. The average Bonchev–Trinajstić information content (AvgIpc) is 3.31. The minimum Gasteiger partial charge on any atom is -0.484 e. The van der Waals surface area contributed by atoms with Gasteiger partial charge >= 0.3 is 0 Å². The van der Waals surface area contributed by atoms with Gasteiger partial charge in [-0.1, -0.05) is 6.07 Å². The van der Waals surface area contributed by atoms with Gasteiger partial charge in [-0.15, -0.1) is 11.3 Å². The Morgan fingerprint density at radius 1 is 1.19 bits per heavy atom. The molecule has 0 aliphatic heterocycles. The van der Waals surface area contributed by atoms with Crippen LogP contribution in [0.25, 0.3) is 10.8 Å². The molecule has 0 saturated heterocycles. The van der Waals surface area contributed by atoms with E-state index < -0.39 is 11.8 Å². The lowest BCUT2D eigenvalue weighted by molar-refractivity contribution is -0.123. The van der Waals surface area contributed by atoms with Gasteiger partial charge in [0.1, 0.15) is 11.4 Å². The third kappa shape index (κ3) is 4.28. The summed E-state index contributed by atoms with van der Waals surface area (Å²) in [5.74, 6) is 0.189. The van der Waals surface area contributed by atoms with Crippen LogP contribution in [-0.4, -0.2) is 23.4 Å². The molecule has 0 spiro atoms. The number of rotatable bonds is 5. The zero-order valence-electron chi connectivity index (χ0n) is 14.2. The first-order chi connectivity index (χ1) is 12.5. The Labute approximate surface area is 154 Å². The number of amides is 2. The van der Waals surface area contributed by atoms with Crippen molar-refractivity contribution in [1.29, 1.82) is 0 Å². The summed E-state index contributed by atoms with van der Waals surface area (Å²) in [4.78, 5) is 28.0. The molecule has 0 saturated carbocycles. The molecule has 0 aliphatic rings. The number of hydrazine groups is 1. The fraction of sp³-hybridized carbons (Fsp3) is 0.167. The average molecular weight is 371 g/mol. The van der Waals surface area contributed by atoms with Crippen LogP contribution in [-0.2, 0) is 4.79 Å². The second-order valence-electron chi connectivity index (χ2n) is 5.55. The zero-order valence-corrected chi connectivity index (χ0v) is 15.1. The van der Waals surface area contributed by atoms with Gasteiger partial charge in [0.2, 0.25) is 0 Å². The summed E-state index contributed by atoms with van der Waals surface area (Å²) in [6.45, 7) is 3.75. The summed E-state index contributed by atoms with van der Waals surface area (Å²) in [6, 6.07) is 9.06. The summed E-state index contributed by atoms with van der Waals surface area (Å²) in [7, 11) is 0. The molecule has 134 valence electrons. The SMILES string of the molecule is Cc1ccc(OCC(=O)NNC(=O)c2csc(-c3ccco3)n2)cc1C. The number of benzene rings is 1. The Morgan fingerprint density at radius 2 is 2.04 bits per heavy atom. The summed E-state index contributed by atoms with van der Waals surface area (Å²) < 4.78 is 10.6. The monoisotopic (exact) mass is 371 g/mol. The van der Waals surface area contributed by atoms with Gasteiger partial charge in [0.15, 0.2) is 17.4 Å². The molecular weight excluding hydrogens is 354 g/mol. The lowest BCUT2D eigenvalue weighted by atomic mass is 10.1. The summed E-state index contributed by atoms with van der Waals surface area (Å²) in [5.41, 5.74) is 7.02. The number of carbonyl (C=O) groups is 2. The lowest BCUT2D eigenvalue weighted by Crippen LogP contribution is -2.43. The molecule has 0 radical (unpaired) electrons. The van der Waals surface area contributed by atoms with Crippen LogP contribution in [0.3, 0.4) is 0 Å². The van der Waals surface area contributed by atoms with Crippen LogP contribution in [0.15, 0.2) is 46.4 Å². The maximum absolute atomic E-state index is 12.0. The minimum atomic E-state index is -0.515. The molecule has 2 heterocycles. The number of aryl methyl sites for hydroxylation is 2. The van der Waals surface area contributed by atoms with E-state index >= 15 is 0 Å². The van der Waals surface area contributed by atoms with E-state index in [2.05, 4.69) is 15.8 Å².